The maximum absolute atomic E-state index is 13.3. The summed E-state index contributed by atoms with van der Waals surface area (Å²) in [5, 5.41) is 32.8. The Labute approximate surface area is 302 Å². The van der Waals surface area contributed by atoms with Crippen LogP contribution < -0.4 is 11.5 Å². The molecule has 54 heavy (non-hydrogen) atoms. The van der Waals surface area contributed by atoms with Gasteiger partial charge in [0.1, 0.15) is 30.2 Å². The van der Waals surface area contributed by atoms with Gasteiger partial charge in [-0.05, 0) is 20.3 Å². The fourth-order valence-corrected chi connectivity index (χ4v) is 8.59. The molecule has 2 aromatic rings. The van der Waals surface area contributed by atoms with Gasteiger partial charge in [0.15, 0.2) is 52.8 Å². The number of nitrogens with two attached hydrogens (primary N) is 2. The number of phosphoric ester groups is 3. The number of carbonyl (C=O) groups excluding carboxylic acids is 3. The summed E-state index contributed by atoms with van der Waals surface area (Å²) in [5.41, 5.74) is 4.24. The lowest BCUT2D eigenvalue weighted by Crippen LogP contribution is -2.66. The third-order valence-electron chi connectivity index (χ3n) is 8.53. The number of anilines is 1. The number of aliphatic hydroxyl groups excluding tert-OH is 2. The number of imidazole rings is 1. The first-order valence-electron chi connectivity index (χ1n) is 15.1. The summed E-state index contributed by atoms with van der Waals surface area (Å²) in [7, 11) is -17.3. The normalized spacial score (nSPS) is 32.3. The van der Waals surface area contributed by atoms with E-state index < -0.39 is 102 Å². The third kappa shape index (κ3) is 7.97. The predicted octanol–water partition coefficient (Wildman–Crippen LogP) is -2.65. The molecule has 5 rings (SSSR count). The molecule has 2 aromatic heterocycles. The van der Waals surface area contributed by atoms with Gasteiger partial charge in [-0.1, -0.05) is 6.08 Å². The number of carbonyl (C=O) groups is 3. The first kappa shape index (κ1) is 41.8. The lowest BCUT2D eigenvalue weighted by atomic mass is 9.76. The van der Waals surface area contributed by atoms with Crippen molar-refractivity contribution in [1.82, 2.24) is 24.4 Å². The number of fused-ring (bicyclic) bond motifs is 1. The Morgan fingerprint density at radius 2 is 1.67 bits per heavy atom. The largest absolute Gasteiger partial charge is 0.481 e. The number of hydrogen-bond donors (Lipinski definition) is 9. The summed E-state index contributed by atoms with van der Waals surface area (Å²) in [6.45, 7) is -1.39. The Hall–Kier alpha value is -3.39. The summed E-state index contributed by atoms with van der Waals surface area (Å²) < 4.78 is 68.4. The topological polar surface area (TPSA) is 398 Å². The van der Waals surface area contributed by atoms with Gasteiger partial charge in [0, 0.05) is 18.0 Å². The zero-order chi connectivity index (χ0) is 40.2. The number of amides is 1. The van der Waals surface area contributed by atoms with Crippen LogP contribution in [-0.2, 0) is 55.4 Å². The van der Waals surface area contributed by atoms with Gasteiger partial charge in [0.05, 0.1) is 19.5 Å². The smallest absolute Gasteiger partial charge is 0.387 e. The first-order chi connectivity index (χ1) is 24.9. The number of ether oxygens (including phenoxy) is 2. The van der Waals surface area contributed by atoms with Crippen LogP contribution in [0.4, 0.5) is 5.82 Å². The molecule has 29 heteroatoms. The predicted molar refractivity (Wildman–Crippen MR) is 172 cm³/mol. The molecule has 298 valence electrons. The fourth-order valence-electron chi connectivity index (χ4n) is 5.94. The number of aromatic nitrogens is 4. The van der Waals surface area contributed by atoms with Crippen LogP contribution in [0.25, 0.3) is 11.2 Å². The van der Waals surface area contributed by atoms with Gasteiger partial charge >= 0.3 is 23.5 Å². The Bertz CT molecular complexity index is 2040. The highest BCUT2D eigenvalue weighted by Gasteiger charge is 2.73. The minimum atomic E-state index is -5.93. The number of hydrogen-bond acceptors (Lipinski definition) is 20. The SMILES string of the molecule is CC(=O)[C@]1(COP(=O)(O)OP(=O)(O)OC[C@H]2O[C@@H](N3C=CCC(C(N)=O)=C3)[C@H](O)[C@@H]2O)O[C@@H](n2cnc3c(N)ncnc32)[C@H](OP(=O)(O)O)[C@]1(O)C(C)=O. The van der Waals surface area contributed by atoms with Crippen LogP contribution in [0.5, 0.6) is 0 Å². The second kappa shape index (κ2) is 14.9. The van der Waals surface area contributed by atoms with Crippen LogP contribution in [0.2, 0.25) is 0 Å². The molecule has 0 bridgehead atoms. The van der Waals surface area contributed by atoms with Crippen LogP contribution in [0.15, 0.2) is 36.7 Å². The Balaban J connectivity index is 1.36. The van der Waals surface area contributed by atoms with Crippen LogP contribution in [0.3, 0.4) is 0 Å². The van der Waals surface area contributed by atoms with Gasteiger partial charge < -0.3 is 60.7 Å². The number of phosphoric acid groups is 3. The van der Waals surface area contributed by atoms with Crippen molar-refractivity contribution < 1.29 is 90.3 Å². The van der Waals surface area contributed by atoms with E-state index in [4.69, 9.17) is 30.0 Å². The van der Waals surface area contributed by atoms with E-state index in [2.05, 4.69) is 23.8 Å². The van der Waals surface area contributed by atoms with E-state index in [-0.39, 0.29) is 29.0 Å². The van der Waals surface area contributed by atoms with Crippen LogP contribution in [0.1, 0.15) is 26.5 Å². The average molecular weight is 829 g/mol. The van der Waals surface area contributed by atoms with Gasteiger partial charge in [0.25, 0.3) is 0 Å². The molecule has 11 N–H and O–H groups in total. The summed E-state index contributed by atoms with van der Waals surface area (Å²) in [6, 6.07) is 0. The quantitative estimate of drug-likeness (QED) is 0.0828. The van der Waals surface area contributed by atoms with Crippen molar-refractivity contribution in [3.8, 4) is 0 Å². The van der Waals surface area contributed by atoms with Crippen molar-refractivity contribution in [2.75, 3.05) is 18.9 Å². The minimum absolute atomic E-state index is 0.108. The molecule has 1 amide bonds. The second-order valence-electron chi connectivity index (χ2n) is 12.0. The average Bonchev–Trinajstić information content (AvgIpc) is 3.70. The Morgan fingerprint density at radius 3 is 2.28 bits per heavy atom. The number of allylic oxidation sites excluding steroid dienone is 1. The highest BCUT2D eigenvalue weighted by atomic mass is 31.3. The molecule has 2 unspecified atom stereocenters. The number of primary amides is 1. The van der Waals surface area contributed by atoms with Gasteiger partial charge in [-0.2, -0.15) is 4.31 Å². The van der Waals surface area contributed by atoms with E-state index in [0.717, 1.165) is 17.2 Å². The number of nitrogens with zero attached hydrogens (tertiary/aromatic N) is 5. The fraction of sp³-hybridized carbons (Fsp3) is 0.520. The monoisotopic (exact) mass is 829 g/mol. The number of Topliss-reactive ketones (excluding diaryl/α,β-unsaturated/α-hetero) is 2. The van der Waals surface area contributed by atoms with Crippen molar-refractivity contribution in [2.24, 2.45) is 5.73 Å². The van der Waals surface area contributed by atoms with Crippen LogP contribution in [0, 0.1) is 0 Å². The van der Waals surface area contributed by atoms with E-state index in [0.29, 0.717) is 13.8 Å². The van der Waals surface area contributed by atoms with Crippen molar-refractivity contribution in [3.63, 3.8) is 0 Å². The molecule has 0 aromatic carbocycles. The molecule has 0 spiro atoms. The highest BCUT2D eigenvalue weighted by Crippen LogP contribution is 2.62. The third-order valence-corrected chi connectivity index (χ3v) is 11.6. The molecule has 5 heterocycles. The van der Waals surface area contributed by atoms with E-state index in [1.807, 2.05) is 0 Å². The van der Waals surface area contributed by atoms with Crippen molar-refractivity contribution in [3.05, 3.63) is 36.7 Å². The lowest BCUT2D eigenvalue weighted by Gasteiger charge is -2.38. The Kier molecular flexibility index (Phi) is 11.5. The number of nitrogen functional groups attached to an aromatic ring is 1. The molecule has 10 atom stereocenters. The van der Waals surface area contributed by atoms with Gasteiger partial charge in [-0.25, -0.2) is 28.6 Å². The molecule has 26 nitrogen and oxygen atoms in total. The second-order valence-corrected chi connectivity index (χ2v) is 16.2. The maximum Gasteiger partial charge on any atom is 0.481 e. The number of ketones is 2. The minimum Gasteiger partial charge on any atom is -0.387 e. The van der Waals surface area contributed by atoms with Crippen molar-refractivity contribution in [2.45, 2.75) is 68.3 Å². The highest BCUT2D eigenvalue weighted by molar-refractivity contribution is 7.61. The van der Waals surface area contributed by atoms with E-state index in [9.17, 15) is 63.0 Å². The summed E-state index contributed by atoms with van der Waals surface area (Å²) >= 11 is 0. The van der Waals surface area contributed by atoms with Gasteiger partial charge in [0.2, 0.25) is 5.91 Å². The van der Waals surface area contributed by atoms with E-state index >= 15 is 0 Å². The van der Waals surface area contributed by atoms with Crippen molar-refractivity contribution in [1.29, 1.82) is 0 Å². The molecule has 0 aliphatic carbocycles. The molecular weight excluding hydrogens is 795 g/mol. The molecule has 2 saturated heterocycles. The van der Waals surface area contributed by atoms with Gasteiger partial charge in [-0.3, -0.25) is 32.5 Å². The van der Waals surface area contributed by atoms with Crippen molar-refractivity contribution >= 4 is 57.9 Å². The number of aliphatic hydroxyl groups is 3. The number of rotatable bonds is 15. The van der Waals surface area contributed by atoms with Gasteiger partial charge in [-0.15, -0.1) is 0 Å². The van der Waals surface area contributed by atoms with E-state index in [1.54, 1.807) is 0 Å². The van der Waals surface area contributed by atoms with Crippen LogP contribution >= 0.6 is 23.5 Å². The van der Waals surface area contributed by atoms with Crippen LogP contribution in [-0.4, -0.2) is 132 Å². The molecule has 3 aliphatic rings. The lowest BCUT2D eigenvalue weighted by molar-refractivity contribution is -0.184. The molecule has 0 radical (unpaired) electrons. The molecule has 3 aliphatic heterocycles. The first-order valence-corrected chi connectivity index (χ1v) is 19.7. The zero-order valence-electron chi connectivity index (χ0n) is 27.7. The molecule has 2 fully saturated rings. The summed E-state index contributed by atoms with van der Waals surface area (Å²) in [4.78, 5) is 90.9. The maximum atomic E-state index is 13.3. The van der Waals surface area contributed by atoms with E-state index in [1.165, 1.54) is 23.4 Å². The molecule has 0 saturated carbocycles. The standard InChI is InChI=1S/C25H34N7O19P3/c1-11(33)24(25(38,12(2)34)18(50-52(39,40)41)23(49-24)32-10-30-15-19(26)28-9-29-21(15)32)8-47-54(44,45)51-53(42,43)46-7-14-16(35)17(36)22(48-14)31-5-3-4-13(6-31)20(27)37/h3,5-6,9-10,14,16-18,22-23,35-36,38H,4,7-8H2,1-2H3,(H2,27,37)(H,42,43)(H,44,45)(H2,26,28,29)(H2,39,40,41)/t14-,16-,17-,18+,22-,23-,24+,25-/m1/s1. The molecular formula is C25H34N7O19P3. The Morgan fingerprint density at radius 1 is 1.00 bits per heavy atom. The summed E-state index contributed by atoms with van der Waals surface area (Å²) in [5.74, 6) is -3.76. The summed E-state index contributed by atoms with van der Waals surface area (Å²) in [6.07, 6.45) is -4.83. The zero-order valence-corrected chi connectivity index (χ0v) is 30.4.